The topological polar surface area (TPSA) is 75.0 Å². The zero-order valence-corrected chi connectivity index (χ0v) is 15.2. The normalized spacial score (nSPS) is 11.0. The van der Waals surface area contributed by atoms with Gasteiger partial charge in [-0.3, -0.25) is 4.79 Å². The largest absolute Gasteiger partial charge is 0.492 e. The van der Waals surface area contributed by atoms with Crippen molar-refractivity contribution in [3.05, 3.63) is 39.8 Å². The molecule has 5 nitrogen and oxygen atoms in total. The average molecular weight is 343 g/mol. The Bertz CT molecular complexity index is 769. The van der Waals surface area contributed by atoms with Crippen molar-refractivity contribution >= 4 is 22.9 Å². The lowest BCUT2D eigenvalue weighted by molar-refractivity contribution is -0.115. The summed E-state index contributed by atoms with van der Waals surface area (Å²) in [6, 6.07) is 7.03. The Balaban J connectivity index is 2.12. The number of carbonyl (C=O) groups is 1. The molecule has 1 amide bonds. The monoisotopic (exact) mass is 343 g/mol. The highest BCUT2D eigenvalue weighted by Crippen LogP contribution is 2.27. The van der Waals surface area contributed by atoms with E-state index < -0.39 is 0 Å². The van der Waals surface area contributed by atoms with E-state index in [0.717, 1.165) is 10.7 Å². The molecule has 24 heavy (non-hydrogen) atoms. The number of nitrogens with one attached hydrogen (secondary N) is 1. The molecule has 0 radical (unpaired) electrons. The molecule has 0 fully saturated rings. The Kier molecular flexibility index (Phi) is 5.58. The van der Waals surface area contributed by atoms with Crippen LogP contribution in [0.3, 0.4) is 0 Å². The van der Waals surface area contributed by atoms with Gasteiger partial charge in [-0.2, -0.15) is 5.26 Å². The second kappa shape index (κ2) is 7.45. The van der Waals surface area contributed by atoms with Crippen LogP contribution in [-0.4, -0.2) is 17.5 Å². The van der Waals surface area contributed by atoms with Crippen molar-refractivity contribution in [2.45, 2.75) is 39.5 Å². The van der Waals surface area contributed by atoms with E-state index in [1.807, 2.05) is 12.3 Å². The van der Waals surface area contributed by atoms with Gasteiger partial charge in [0, 0.05) is 10.8 Å². The lowest BCUT2D eigenvalue weighted by Crippen LogP contribution is -2.16. The van der Waals surface area contributed by atoms with Crippen LogP contribution in [0.5, 0.6) is 5.75 Å². The Hall–Kier alpha value is -2.39. The number of hydrogen-bond acceptors (Lipinski definition) is 5. The molecule has 0 saturated carbocycles. The Morgan fingerprint density at radius 1 is 1.42 bits per heavy atom. The highest BCUT2D eigenvalue weighted by Gasteiger charge is 2.19. The van der Waals surface area contributed by atoms with Gasteiger partial charge in [0.2, 0.25) is 5.91 Å². The Morgan fingerprint density at radius 2 is 2.17 bits per heavy atom. The number of aromatic nitrogens is 1. The van der Waals surface area contributed by atoms with E-state index in [2.05, 4.69) is 37.1 Å². The van der Waals surface area contributed by atoms with Gasteiger partial charge in [-0.25, -0.2) is 4.98 Å². The summed E-state index contributed by atoms with van der Waals surface area (Å²) in [6.07, 6.45) is 0.189. The van der Waals surface area contributed by atoms with Crippen LogP contribution in [0, 0.1) is 11.3 Å². The van der Waals surface area contributed by atoms with E-state index in [9.17, 15) is 4.79 Å². The smallest absolute Gasteiger partial charge is 0.230 e. The molecule has 1 aromatic heterocycles. The van der Waals surface area contributed by atoms with Crippen molar-refractivity contribution in [2.24, 2.45) is 0 Å². The van der Waals surface area contributed by atoms with Crippen molar-refractivity contribution < 1.29 is 9.53 Å². The first-order chi connectivity index (χ1) is 11.3. The number of nitriles is 1. The molecule has 0 atom stereocenters. The SMILES string of the molecule is CCOc1ccc(C#N)cc1NC(=O)Cc1csc(C(C)(C)C)n1. The van der Waals surface area contributed by atoms with Crippen LogP contribution in [0.2, 0.25) is 0 Å². The molecule has 126 valence electrons. The van der Waals surface area contributed by atoms with E-state index in [4.69, 9.17) is 10.00 Å². The molecule has 1 heterocycles. The predicted molar refractivity (Wildman–Crippen MR) is 95.5 cm³/mol. The third kappa shape index (κ3) is 4.56. The quantitative estimate of drug-likeness (QED) is 0.893. The first-order valence-electron chi connectivity index (χ1n) is 7.75. The Labute approximate surface area is 146 Å². The summed E-state index contributed by atoms with van der Waals surface area (Å²) in [7, 11) is 0. The second-order valence-electron chi connectivity index (χ2n) is 6.37. The molecule has 0 unspecified atom stereocenters. The highest BCUT2D eigenvalue weighted by atomic mass is 32.1. The van der Waals surface area contributed by atoms with E-state index in [1.165, 1.54) is 0 Å². The average Bonchev–Trinajstić information content (AvgIpc) is 2.97. The second-order valence-corrected chi connectivity index (χ2v) is 7.23. The van der Waals surface area contributed by atoms with Crippen LogP contribution in [0.15, 0.2) is 23.6 Å². The predicted octanol–water partition coefficient (Wildman–Crippen LogP) is 3.89. The molecule has 2 aromatic rings. The number of nitrogens with zero attached hydrogens (tertiary/aromatic N) is 2. The number of thiazole rings is 1. The number of hydrogen-bond donors (Lipinski definition) is 1. The van der Waals surface area contributed by atoms with E-state index in [1.54, 1.807) is 29.5 Å². The zero-order valence-electron chi connectivity index (χ0n) is 14.3. The third-order valence-corrected chi connectivity index (χ3v) is 4.53. The number of benzene rings is 1. The summed E-state index contributed by atoms with van der Waals surface area (Å²) in [5.41, 5.74) is 1.70. The van der Waals surface area contributed by atoms with Gasteiger partial charge in [0.1, 0.15) is 5.75 Å². The molecule has 0 aliphatic rings. The molecule has 0 aliphatic heterocycles. The molecule has 0 aliphatic carbocycles. The van der Waals surface area contributed by atoms with E-state index in [0.29, 0.717) is 23.6 Å². The summed E-state index contributed by atoms with van der Waals surface area (Å²) in [6.45, 7) is 8.63. The maximum absolute atomic E-state index is 12.3. The van der Waals surface area contributed by atoms with Gasteiger partial charge in [0.25, 0.3) is 0 Å². The van der Waals surface area contributed by atoms with Crippen molar-refractivity contribution in [2.75, 3.05) is 11.9 Å². The van der Waals surface area contributed by atoms with Gasteiger partial charge in [0.05, 0.1) is 41.0 Å². The lowest BCUT2D eigenvalue weighted by atomic mass is 9.98. The minimum atomic E-state index is -0.184. The molecule has 6 heteroatoms. The molecule has 0 spiro atoms. The van der Waals surface area contributed by atoms with Crippen LogP contribution >= 0.6 is 11.3 Å². The third-order valence-electron chi connectivity index (χ3n) is 3.22. The molecule has 1 aromatic carbocycles. The molecule has 0 bridgehead atoms. The fourth-order valence-corrected chi connectivity index (χ4v) is 2.98. The maximum Gasteiger partial charge on any atom is 0.230 e. The number of rotatable bonds is 5. The number of anilines is 1. The van der Waals surface area contributed by atoms with Crippen LogP contribution in [0.4, 0.5) is 5.69 Å². The number of ether oxygens (including phenoxy) is 1. The Morgan fingerprint density at radius 3 is 2.75 bits per heavy atom. The van der Waals surface area contributed by atoms with Gasteiger partial charge < -0.3 is 10.1 Å². The summed E-state index contributed by atoms with van der Waals surface area (Å²) in [5, 5.41) is 14.8. The number of amides is 1. The summed E-state index contributed by atoms with van der Waals surface area (Å²) in [5.74, 6) is 0.371. The van der Waals surface area contributed by atoms with Crippen LogP contribution in [0.1, 0.15) is 44.0 Å². The van der Waals surface area contributed by atoms with Crippen molar-refractivity contribution in [1.29, 1.82) is 5.26 Å². The highest BCUT2D eigenvalue weighted by molar-refractivity contribution is 7.09. The molecule has 2 rings (SSSR count). The summed E-state index contributed by atoms with van der Waals surface area (Å²) in [4.78, 5) is 16.8. The van der Waals surface area contributed by atoms with Gasteiger partial charge in [-0.1, -0.05) is 20.8 Å². The fraction of sp³-hybridized carbons (Fsp3) is 0.389. The minimum Gasteiger partial charge on any atom is -0.492 e. The van der Waals surface area contributed by atoms with Crippen molar-refractivity contribution in [1.82, 2.24) is 4.98 Å². The van der Waals surface area contributed by atoms with E-state index >= 15 is 0 Å². The summed E-state index contributed by atoms with van der Waals surface area (Å²) >= 11 is 1.56. The molecule has 0 saturated heterocycles. The van der Waals surface area contributed by atoms with Gasteiger partial charge in [-0.15, -0.1) is 11.3 Å². The summed E-state index contributed by atoms with van der Waals surface area (Å²) < 4.78 is 5.50. The van der Waals surface area contributed by atoms with Gasteiger partial charge >= 0.3 is 0 Å². The molecular weight excluding hydrogens is 322 g/mol. The molecular formula is C18H21N3O2S. The van der Waals surface area contributed by atoms with Crippen molar-refractivity contribution in [3.8, 4) is 11.8 Å². The molecule has 1 N–H and O–H groups in total. The van der Waals surface area contributed by atoms with Gasteiger partial charge in [-0.05, 0) is 25.1 Å². The first-order valence-corrected chi connectivity index (χ1v) is 8.63. The first kappa shape index (κ1) is 18.0. The van der Waals surface area contributed by atoms with Gasteiger partial charge in [0.15, 0.2) is 0 Å². The van der Waals surface area contributed by atoms with Crippen LogP contribution in [-0.2, 0) is 16.6 Å². The van der Waals surface area contributed by atoms with E-state index in [-0.39, 0.29) is 17.7 Å². The minimum absolute atomic E-state index is 0.0251. The van der Waals surface area contributed by atoms with Crippen LogP contribution < -0.4 is 10.1 Å². The van der Waals surface area contributed by atoms with Crippen LogP contribution in [0.25, 0.3) is 0 Å². The maximum atomic E-state index is 12.3. The number of carbonyl (C=O) groups excluding carboxylic acids is 1. The lowest BCUT2D eigenvalue weighted by Gasteiger charge is -2.13. The zero-order chi connectivity index (χ0) is 17.7. The standard InChI is InChI=1S/C18H21N3O2S/c1-5-23-15-7-6-12(10-19)8-14(15)21-16(22)9-13-11-24-17(20-13)18(2,3)4/h6-8,11H,5,9H2,1-4H3,(H,21,22). The fourth-order valence-electron chi connectivity index (χ4n) is 2.07. The van der Waals surface area contributed by atoms with Crippen molar-refractivity contribution in [3.63, 3.8) is 0 Å².